The summed E-state index contributed by atoms with van der Waals surface area (Å²) in [5, 5.41) is 5.93. The van der Waals surface area contributed by atoms with Crippen molar-refractivity contribution >= 4 is 11.3 Å². The monoisotopic (exact) mass is 223 g/mol. The Morgan fingerprint density at radius 1 is 1.53 bits per heavy atom. The molecule has 80 valence electrons. The number of nitrogens with zero attached hydrogens (tertiary/aromatic N) is 2. The summed E-state index contributed by atoms with van der Waals surface area (Å²) in [6.07, 6.45) is 0. The molecule has 0 unspecified atom stereocenters. The molecule has 0 atom stereocenters. The van der Waals surface area contributed by atoms with Crippen LogP contribution in [-0.2, 0) is 5.41 Å². The third kappa shape index (κ3) is 1.93. The second kappa shape index (κ2) is 3.75. The molecule has 0 aliphatic rings. The van der Waals surface area contributed by atoms with Crippen LogP contribution in [0.3, 0.4) is 0 Å². The van der Waals surface area contributed by atoms with Crippen molar-refractivity contribution in [3.8, 4) is 10.7 Å². The number of aromatic nitrogens is 2. The molecule has 2 heterocycles. The number of nitrogens with two attached hydrogens (primary N) is 1. The van der Waals surface area contributed by atoms with E-state index in [9.17, 15) is 0 Å². The van der Waals surface area contributed by atoms with Crippen LogP contribution in [-0.4, -0.2) is 16.7 Å². The predicted molar refractivity (Wildman–Crippen MR) is 59.7 cm³/mol. The van der Waals surface area contributed by atoms with E-state index in [1.165, 1.54) is 0 Å². The first-order chi connectivity index (χ1) is 7.13. The highest BCUT2D eigenvalue weighted by Gasteiger charge is 2.26. The van der Waals surface area contributed by atoms with Gasteiger partial charge < -0.3 is 10.3 Å². The lowest BCUT2D eigenvalue weighted by molar-refractivity contribution is 0.311. The van der Waals surface area contributed by atoms with Crippen molar-refractivity contribution in [1.29, 1.82) is 0 Å². The molecule has 0 bridgehead atoms. The first-order valence-corrected chi connectivity index (χ1v) is 5.59. The van der Waals surface area contributed by atoms with Crippen molar-refractivity contribution in [3.05, 3.63) is 23.4 Å². The van der Waals surface area contributed by atoms with Gasteiger partial charge in [0, 0.05) is 6.54 Å². The van der Waals surface area contributed by atoms with E-state index in [1.807, 2.05) is 31.4 Å². The molecule has 0 fully saturated rings. The maximum atomic E-state index is 5.64. The van der Waals surface area contributed by atoms with E-state index in [1.54, 1.807) is 11.3 Å². The molecule has 2 aromatic rings. The molecule has 2 rings (SSSR count). The van der Waals surface area contributed by atoms with Gasteiger partial charge in [-0.2, -0.15) is 4.98 Å². The van der Waals surface area contributed by atoms with E-state index in [0.29, 0.717) is 18.3 Å². The van der Waals surface area contributed by atoms with Crippen LogP contribution in [0.5, 0.6) is 0 Å². The van der Waals surface area contributed by atoms with Crippen molar-refractivity contribution < 1.29 is 4.52 Å². The van der Waals surface area contributed by atoms with Crippen LogP contribution < -0.4 is 5.73 Å². The standard InChI is InChI=1S/C10H13N3OS/c1-10(2,6-11)9-12-8(13-14-9)7-4-3-5-15-7/h3-5H,6,11H2,1-2H3. The quantitative estimate of drug-likeness (QED) is 0.864. The molecule has 4 nitrogen and oxygen atoms in total. The minimum atomic E-state index is -0.261. The largest absolute Gasteiger partial charge is 0.338 e. The van der Waals surface area contributed by atoms with Crippen LogP contribution in [0, 0.1) is 0 Å². The zero-order valence-electron chi connectivity index (χ0n) is 8.73. The van der Waals surface area contributed by atoms with Gasteiger partial charge in [0.15, 0.2) is 0 Å². The Labute approximate surface area is 92.1 Å². The van der Waals surface area contributed by atoms with Gasteiger partial charge in [0.25, 0.3) is 0 Å². The number of hydrogen-bond donors (Lipinski definition) is 1. The van der Waals surface area contributed by atoms with Gasteiger partial charge in [0.05, 0.1) is 10.3 Å². The maximum absolute atomic E-state index is 5.64. The maximum Gasteiger partial charge on any atom is 0.233 e. The summed E-state index contributed by atoms with van der Waals surface area (Å²) in [6.45, 7) is 4.45. The van der Waals surface area contributed by atoms with E-state index in [0.717, 1.165) is 4.88 Å². The summed E-state index contributed by atoms with van der Waals surface area (Å²) in [7, 11) is 0. The molecule has 0 aliphatic heterocycles. The average Bonchev–Trinajstić information content (AvgIpc) is 2.88. The fraction of sp³-hybridized carbons (Fsp3) is 0.400. The third-order valence-electron chi connectivity index (χ3n) is 2.26. The van der Waals surface area contributed by atoms with Gasteiger partial charge in [0.2, 0.25) is 11.7 Å². The van der Waals surface area contributed by atoms with Gasteiger partial charge in [-0.25, -0.2) is 0 Å². The Morgan fingerprint density at radius 2 is 2.33 bits per heavy atom. The number of thiophene rings is 1. The lowest BCUT2D eigenvalue weighted by Gasteiger charge is -2.15. The Morgan fingerprint density at radius 3 is 2.93 bits per heavy atom. The van der Waals surface area contributed by atoms with Crippen molar-refractivity contribution in [2.24, 2.45) is 5.73 Å². The summed E-state index contributed by atoms with van der Waals surface area (Å²) >= 11 is 1.59. The lowest BCUT2D eigenvalue weighted by atomic mass is 9.94. The van der Waals surface area contributed by atoms with Gasteiger partial charge in [0.1, 0.15) is 0 Å². The smallest absolute Gasteiger partial charge is 0.233 e. The fourth-order valence-electron chi connectivity index (χ4n) is 1.09. The van der Waals surface area contributed by atoms with E-state index in [4.69, 9.17) is 10.3 Å². The second-order valence-electron chi connectivity index (χ2n) is 3.99. The zero-order valence-corrected chi connectivity index (χ0v) is 9.54. The van der Waals surface area contributed by atoms with Crippen LogP contribution in [0.15, 0.2) is 22.0 Å². The minimum Gasteiger partial charge on any atom is -0.338 e. The summed E-state index contributed by atoms with van der Waals surface area (Å²) < 4.78 is 5.21. The molecule has 2 aromatic heterocycles. The van der Waals surface area contributed by atoms with Crippen molar-refractivity contribution in [2.45, 2.75) is 19.3 Å². The van der Waals surface area contributed by atoms with Crippen LogP contribution in [0.1, 0.15) is 19.7 Å². The molecule has 0 aliphatic carbocycles. The van der Waals surface area contributed by atoms with Crippen LogP contribution in [0.2, 0.25) is 0 Å². The zero-order chi connectivity index (χ0) is 10.9. The molecule has 0 spiro atoms. The van der Waals surface area contributed by atoms with Crippen molar-refractivity contribution in [1.82, 2.24) is 10.1 Å². The van der Waals surface area contributed by atoms with E-state index >= 15 is 0 Å². The third-order valence-corrected chi connectivity index (χ3v) is 3.12. The highest BCUT2D eigenvalue weighted by molar-refractivity contribution is 7.13. The predicted octanol–water partition coefficient (Wildman–Crippen LogP) is 2.03. The highest BCUT2D eigenvalue weighted by atomic mass is 32.1. The van der Waals surface area contributed by atoms with Gasteiger partial charge in [-0.15, -0.1) is 11.3 Å². The van der Waals surface area contributed by atoms with Gasteiger partial charge in [-0.05, 0) is 25.3 Å². The SMILES string of the molecule is CC(C)(CN)c1nc(-c2cccs2)no1. The summed E-state index contributed by atoms with van der Waals surface area (Å²) in [6, 6.07) is 3.93. The Bertz CT molecular complexity index is 433. The summed E-state index contributed by atoms with van der Waals surface area (Å²) in [5.74, 6) is 1.23. The van der Waals surface area contributed by atoms with Gasteiger partial charge in [-0.1, -0.05) is 11.2 Å². The Balaban J connectivity index is 2.33. The molecule has 0 saturated carbocycles. The first-order valence-electron chi connectivity index (χ1n) is 4.71. The normalized spacial score (nSPS) is 11.9. The Hall–Kier alpha value is -1.20. The molecular weight excluding hydrogens is 210 g/mol. The summed E-state index contributed by atoms with van der Waals surface area (Å²) in [5.41, 5.74) is 5.38. The number of rotatable bonds is 3. The molecule has 15 heavy (non-hydrogen) atoms. The second-order valence-corrected chi connectivity index (χ2v) is 4.94. The van der Waals surface area contributed by atoms with Crippen molar-refractivity contribution in [2.75, 3.05) is 6.54 Å². The van der Waals surface area contributed by atoms with Crippen LogP contribution >= 0.6 is 11.3 Å². The van der Waals surface area contributed by atoms with Gasteiger partial charge >= 0.3 is 0 Å². The highest BCUT2D eigenvalue weighted by Crippen LogP contribution is 2.25. The lowest BCUT2D eigenvalue weighted by Crippen LogP contribution is -2.28. The average molecular weight is 223 g/mol. The topological polar surface area (TPSA) is 64.9 Å². The van der Waals surface area contributed by atoms with E-state index < -0.39 is 0 Å². The molecule has 0 radical (unpaired) electrons. The van der Waals surface area contributed by atoms with Crippen LogP contribution in [0.4, 0.5) is 0 Å². The van der Waals surface area contributed by atoms with Crippen LogP contribution in [0.25, 0.3) is 10.7 Å². The molecule has 0 aromatic carbocycles. The molecule has 0 amide bonds. The number of hydrogen-bond acceptors (Lipinski definition) is 5. The molecular formula is C10H13N3OS. The first kappa shape index (κ1) is 10.3. The van der Waals surface area contributed by atoms with E-state index in [2.05, 4.69) is 10.1 Å². The van der Waals surface area contributed by atoms with E-state index in [-0.39, 0.29) is 5.41 Å². The van der Waals surface area contributed by atoms with Gasteiger partial charge in [-0.3, -0.25) is 0 Å². The van der Waals surface area contributed by atoms with Crippen molar-refractivity contribution in [3.63, 3.8) is 0 Å². The molecule has 0 saturated heterocycles. The summed E-state index contributed by atoms with van der Waals surface area (Å²) in [4.78, 5) is 5.36. The Kier molecular flexibility index (Phi) is 2.58. The minimum absolute atomic E-state index is 0.261. The molecule has 2 N–H and O–H groups in total. The molecule has 5 heteroatoms. The fourth-order valence-corrected chi connectivity index (χ4v) is 1.74.